The third-order valence-corrected chi connectivity index (χ3v) is 5.73. The Hall–Kier alpha value is -1.51. The summed E-state index contributed by atoms with van der Waals surface area (Å²) < 4.78 is 32.0. The predicted molar refractivity (Wildman–Crippen MR) is 108 cm³/mol. The van der Waals surface area contributed by atoms with Crippen LogP contribution in [-0.4, -0.2) is 27.5 Å². The summed E-state index contributed by atoms with van der Waals surface area (Å²) in [4.78, 5) is 12.1. The molecule has 0 saturated heterocycles. The van der Waals surface area contributed by atoms with Crippen molar-refractivity contribution < 1.29 is 17.9 Å². The monoisotopic (exact) mass is 450 g/mol. The molecular formula is C17H17Cl3N2O4S. The molecule has 0 fully saturated rings. The lowest BCUT2D eigenvalue weighted by molar-refractivity contribution is -0.118. The van der Waals surface area contributed by atoms with E-state index in [0.717, 1.165) is 0 Å². The van der Waals surface area contributed by atoms with E-state index in [1.54, 1.807) is 18.2 Å². The standard InChI is InChI=1S/C17H17Cl3N2O4S/c1-2-8-21-27(24,25)11-6-7-15(14(20)9-11)26-10-16(23)22-17-12(18)4-3-5-13(17)19/h3-7,9,21H,2,8,10H2,1H3,(H,22,23). The molecule has 0 saturated carbocycles. The zero-order chi connectivity index (χ0) is 20.0. The number of halogens is 3. The second-order valence-corrected chi connectivity index (χ2v) is 8.41. The predicted octanol–water partition coefficient (Wildman–Crippen LogP) is 4.35. The number of carbonyl (C=O) groups excluding carboxylic acids is 1. The summed E-state index contributed by atoms with van der Waals surface area (Å²) >= 11 is 18.0. The van der Waals surface area contributed by atoms with Crippen LogP contribution in [0.5, 0.6) is 5.75 Å². The van der Waals surface area contributed by atoms with E-state index in [9.17, 15) is 13.2 Å². The maximum Gasteiger partial charge on any atom is 0.262 e. The normalized spacial score (nSPS) is 11.3. The van der Waals surface area contributed by atoms with Gasteiger partial charge in [-0.3, -0.25) is 4.79 Å². The highest BCUT2D eigenvalue weighted by Gasteiger charge is 2.16. The molecule has 0 aliphatic rings. The van der Waals surface area contributed by atoms with E-state index >= 15 is 0 Å². The zero-order valence-electron chi connectivity index (χ0n) is 14.3. The van der Waals surface area contributed by atoms with Crippen LogP contribution in [-0.2, 0) is 14.8 Å². The van der Waals surface area contributed by atoms with Crippen LogP contribution in [0.1, 0.15) is 13.3 Å². The third-order valence-electron chi connectivity index (χ3n) is 3.34. The average molecular weight is 452 g/mol. The van der Waals surface area contributed by atoms with E-state index in [1.165, 1.54) is 18.2 Å². The van der Waals surface area contributed by atoms with Gasteiger partial charge in [0, 0.05) is 6.54 Å². The molecule has 0 spiro atoms. The van der Waals surface area contributed by atoms with Gasteiger partial charge >= 0.3 is 0 Å². The van der Waals surface area contributed by atoms with Crippen LogP contribution in [0.25, 0.3) is 0 Å². The molecule has 0 radical (unpaired) electrons. The van der Waals surface area contributed by atoms with E-state index in [1.807, 2.05) is 6.92 Å². The molecule has 2 N–H and O–H groups in total. The van der Waals surface area contributed by atoms with Crippen molar-refractivity contribution in [1.29, 1.82) is 0 Å². The third kappa shape index (κ3) is 5.99. The van der Waals surface area contributed by atoms with Gasteiger partial charge in [0.2, 0.25) is 10.0 Å². The Bertz CT molecular complexity index is 916. The molecule has 1 amide bonds. The van der Waals surface area contributed by atoms with Crippen LogP contribution in [0.3, 0.4) is 0 Å². The number of rotatable bonds is 8. The first-order valence-electron chi connectivity index (χ1n) is 7.90. The van der Waals surface area contributed by atoms with Crippen molar-refractivity contribution in [3.63, 3.8) is 0 Å². The number of amides is 1. The van der Waals surface area contributed by atoms with Gasteiger partial charge in [-0.2, -0.15) is 0 Å². The lowest BCUT2D eigenvalue weighted by Gasteiger charge is -2.12. The molecule has 6 nitrogen and oxygen atoms in total. The molecular weight excluding hydrogens is 435 g/mol. The molecule has 0 atom stereocenters. The maximum atomic E-state index is 12.1. The maximum absolute atomic E-state index is 12.1. The topological polar surface area (TPSA) is 84.5 Å². The molecule has 2 rings (SSSR count). The molecule has 2 aromatic carbocycles. The molecule has 0 unspecified atom stereocenters. The molecule has 0 aromatic heterocycles. The van der Waals surface area contributed by atoms with Crippen LogP contribution in [0.2, 0.25) is 15.1 Å². The number of sulfonamides is 1. The van der Waals surface area contributed by atoms with Crippen molar-refractivity contribution in [2.45, 2.75) is 18.2 Å². The van der Waals surface area contributed by atoms with E-state index in [2.05, 4.69) is 10.0 Å². The summed E-state index contributed by atoms with van der Waals surface area (Å²) in [5, 5.41) is 3.21. The van der Waals surface area contributed by atoms with Gasteiger partial charge in [0.05, 0.1) is 25.7 Å². The van der Waals surface area contributed by atoms with E-state index < -0.39 is 15.9 Å². The van der Waals surface area contributed by atoms with Crippen LogP contribution in [0, 0.1) is 0 Å². The smallest absolute Gasteiger partial charge is 0.262 e. The molecule has 146 valence electrons. The Labute approximate surface area is 172 Å². The molecule has 0 aliphatic carbocycles. The molecule has 10 heteroatoms. The highest BCUT2D eigenvalue weighted by atomic mass is 35.5. The highest BCUT2D eigenvalue weighted by Crippen LogP contribution is 2.30. The van der Waals surface area contributed by atoms with Crippen LogP contribution >= 0.6 is 34.8 Å². The van der Waals surface area contributed by atoms with Gasteiger partial charge in [0.1, 0.15) is 5.75 Å². The van der Waals surface area contributed by atoms with Gasteiger partial charge in [-0.25, -0.2) is 13.1 Å². The van der Waals surface area contributed by atoms with Crippen molar-refractivity contribution in [1.82, 2.24) is 4.72 Å². The molecule has 27 heavy (non-hydrogen) atoms. The summed E-state index contributed by atoms with van der Waals surface area (Å²) in [6.45, 7) is 1.82. The summed E-state index contributed by atoms with van der Waals surface area (Å²) in [6, 6.07) is 8.83. The fourth-order valence-corrected chi connectivity index (χ4v) is 3.97. The highest BCUT2D eigenvalue weighted by molar-refractivity contribution is 7.89. The van der Waals surface area contributed by atoms with Gasteiger partial charge in [-0.05, 0) is 36.8 Å². The van der Waals surface area contributed by atoms with Gasteiger partial charge in [0.15, 0.2) is 6.61 Å². The number of ether oxygens (including phenoxy) is 1. The lowest BCUT2D eigenvalue weighted by Crippen LogP contribution is -2.24. The first-order valence-corrected chi connectivity index (χ1v) is 10.5. The van der Waals surface area contributed by atoms with E-state index in [-0.39, 0.29) is 28.0 Å². The number of carbonyl (C=O) groups is 1. The first kappa shape index (κ1) is 21.8. The number of benzene rings is 2. The second kappa shape index (κ2) is 9.61. The van der Waals surface area contributed by atoms with Crippen molar-refractivity contribution in [3.8, 4) is 5.75 Å². The number of hydrogen-bond acceptors (Lipinski definition) is 4. The molecule has 0 aliphatic heterocycles. The van der Waals surface area contributed by atoms with Crippen molar-refractivity contribution in [3.05, 3.63) is 51.5 Å². The minimum Gasteiger partial charge on any atom is -0.482 e. The number of para-hydroxylation sites is 1. The van der Waals surface area contributed by atoms with Crippen LogP contribution < -0.4 is 14.8 Å². The largest absolute Gasteiger partial charge is 0.482 e. The Morgan fingerprint density at radius 2 is 1.74 bits per heavy atom. The minimum absolute atomic E-state index is 0.0144. The number of anilines is 1. The Morgan fingerprint density at radius 1 is 1.07 bits per heavy atom. The van der Waals surface area contributed by atoms with Gasteiger partial charge in [-0.15, -0.1) is 0 Å². The Morgan fingerprint density at radius 3 is 2.33 bits per heavy atom. The van der Waals surface area contributed by atoms with Crippen LogP contribution in [0.15, 0.2) is 41.3 Å². The average Bonchev–Trinajstić information content (AvgIpc) is 2.62. The SMILES string of the molecule is CCCNS(=O)(=O)c1ccc(OCC(=O)Nc2c(Cl)cccc2Cl)c(Cl)c1. The Kier molecular flexibility index (Phi) is 7.76. The fraction of sp³-hybridized carbons (Fsp3) is 0.235. The van der Waals surface area contributed by atoms with Crippen molar-refractivity contribution >= 4 is 56.4 Å². The summed E-state index contributed by atoms with van der Waals surface area (Å²) in [5.41, 5.74) is 0.281. The van der Waals surface area contributed by atoms with E-state index in [0.29, 0.717) is 23.0 Å². The lowest BCUT2D eigenvalue weighted by atomic mass is 10.3. The number of nitrogens with one attached hydrogen (secondary N) is 2. The van der Waals surface area contributed by atoms with Gasteiger partial charge in [-0.1, -0.05) is 47.8 Å². The van der Waals surface area contributed by atoms with Gasteiger partial charge < -0.3 is 10.1 Å². The Balaban J connectivity index is 2.03. The number of hydrogen-bond donors (Lipinski definition) is 2. The minimum atomic E-state index is -3.64. The zero-order valence-corrected chi connectivity index (χ0v) is 17.3. The van der Waals surface area contributed by atoms with E-state index in [4.69, 9.17) is 39.5 Å². The second-order valence-electron chi connectivity index (χ2n) is 5.42. The van der Waals surface area contributed by atoms with Gasteiger partial charge in [0.25, 0.3) is 5.91 Å². The summed E-state index contributed by atoms with van der Waals surface area (Å²) in [6.07, 6.45) is 0.665. The molecule has 0 heterocycles. The fourth-order valence-electron chi connectivity index (χ4n) is 2.02. The summed E-state index contributed by atoms with van der Waals surface area (Å²) in [5.74, 6) is -0.325. The quantitative estimate of drug-likeness (QED) is 0.625. The molecule has 0 bridgehead atoms. The van der Waals surface area contributed by atoms with Crippen LogP contribution in [0.4, 0.5) is 5.69 Å². The summed E-state index contributed by atoms with van der Waals surface area (Å²) in [7, 11) is -3.64. The van der Waals surface area contributed by atoms with Crippen molar-refractivity contribution in [2.24, 2.45) is 0 Å². The van der Waals surface area contributed by atoms with Crippen molar-refractivity contribution in [2.75, 3.05) is 18.5 Å². The first-order chi connectivity index (χ1) is 12.7. The molecule has 2 aromatic rings.